The molecule has 0 saturated carbocycles. The summed E-state index contributed by atoms with van der Waals surface area (Å²) < 4.78 is 168. The van der Waals surface area contributed by atoms with E-state index in [1.54, 1.807) is 6.92 Å². The molecular formula is C15H19F13. The van der Waals surface area contributed by atoms with Gasteiger partial charge >= 0.3 is 35.8 Å². The maximum atomic E-state index is 13.6. The predicted octanol–water partition coefficient (Wildman–Crippen LogP) is 7.72. The highest BCUT2D eigenvalue weighted by Gasteiger charge is 2.90. The van der Waals surface area contributed by atoms with E-state index >= 15 is 0 Å². The monoisotopic (exact) mass is 446 g/mol. The van der Waals surface area contributed by atoms with Crippen LogP contribution in [0.1, 0.15) is 52.4 Å². The molecule has 0 amide bonds. The fourth-order valence-electron chi connectivity index (χ4n) is 2.39. The van der Waals surface area contributed by atoms with Gasteiger partial charge in [0.05, 0.1) is 0 Å². The minimum Gasteiger partial charge on any atom is -0.200 e. The van der Waals surface area contributed by atoms with Crippen LogP contribution in [0.15, 0.2) is 0 Å². The predicted molar refractivity (Wildman–Crippen MR) is 73.3 cm³/mol. The van der Waals surface area contributed by atoms with Crippen LogP contribution in [0.2, 0.25) is 0 Å². The number of rotatable bonds is 11. The Kier molecular flexibility index (Phi) is 8.17. The first-order valence-corrected chi connectivity index (χ1v) is 8.16. The highest BCUT2D eigenvalue weighted by molar-refractivity contribution is 5.10. The van der Waals surface area contributed by atoms with Crippen LogP contribution in [-0.4, -0.2) is 35.8 Å². The molecule has 0 aliphatic rings. The molecule has 0 aromatic heterocycles. The van der Waals surface area contributed by atoms with Crippen molar-refractivity contribution in [3.05, 3.63) is 0 Å². The molecule has 0 aromatic rings. The molecular weight excluding hydrogens is 427 g/mol. The number of alkyl halides is 13. The Hall–Kier alpha value is -0.910. The SMILES string of the molecule is CCCCCCC(C)CC(F)(F)C(F)(F)C(F)(F)C(F)(F)C(F)(F)C(F)(F)F. The third-order valence-electron chi connectivity index (χ3n) is 4.15. The number of halogens is 13. The van der Waals surface area contributed by atoms with Crippen molar-refractivity contribution in [3.8, 4) is 0 Å². The smallest absolute Gasteiger partial charge is 0.200 e. The molecule has 170 valence electrons. The summed E-state index contributed by atoms with van der Waals surface area (Å²) in [5.41, 5.74) is 0. The molecule has 0 saturated heterocycles. The van der Waals surface area contributed by atoms with Crippen LogP contribution in [0, 0.1) is 5.92 Å². The van der Waals surface area contributed by atoms with Crippen molar-refractivity contribution in [3.63, 3.8) is 0 Å². The van der Waals surface area contributed by atoms with Gasteiger partial charge in [0.1, 0.15) is 0 Å². The fourth-order valence-corrected chi connectivity index (χ4v) is 2.39. The molecule has 0 radical (unpaired) electrons. The first kappa shape index (κ1) is 27.1. The molecule has 1 atom stereocenters. The summed E-state index contributed by atoms with van der Waals surface area (Å²) in [6.07, 6.45) is -7.60. The first-order valence-electron chi connectivity index (χ1n) is 8.16. The van der Waals surface area contributed by atoms with Crippen molar-refractivity contribution in [2.45, 2.75) is 88.2 Å². The van der Waals surface area contributed by atoms with Gasteiger partial charge in [0.15, 0.2) is 0 Å². The van der Waals surface area contributed by atoms with E-state index in [1.807, 2.05) is 0 Å². The molecule has 0 N–H and O–H groups in total. The van der Waals surface area contributed by atoms with Gasteiger partial charge in [-0.05, 0) is 5.92 Å². The number of unbranched alkanes of at least 4 members (excludes halogenated alkanes) is 3. The van der Waals surface area contributed by atoms with E-state index in [2.05, 4.69) is 0 Å². The molecule has 0 nitrogen and oxygen atoms in total. The second kappa shape index (κ2) is 8.45. The zero-order valence-corrected chi connectivity index (χ0v) is 14.7. The maximum absolute atomic E-state index is 13.6. The van der Waals surface area contributed by atoms with Crippen LogP contribution in [-0.2, 0) is 0 Å². The Bertz CT molecular complexity index is 493. The van der Waals surface area contributed by atoms with Gasteiger partial charge in [-0.3, -0.25) is 0 Å². The number of hydrogen-bond acceptors (Lipinski definition) is 0. The van der Waals surface area contributed by atoms with Crippen LogP contribution >= 0.6 is 0 Å². The summed E-state index contributed by atoms with van der Waals surface area (Å²) in [5.74, 6) is -37.7. The zero-order valence-electron chi connectivity index (χ0n) is 14.7. The van der Waals surface area contributed by atoms with E-state index in [0.717, 1.165) is 13.3 Å². The summed E-state index contributed by atoms with van der Waals surface area (Å²) in [7, 11) is 0. The summed E-state index contributed by atoms with van der Waals surface area (Å²) in [4.78, 5) is 0. The Morgan fingerprint density at radius 2 is 1.00 bits per heavy atom. The summed E-state index contributed by atoms with van der Waals surface area (Å²) in [6, 6.07) is 0. The van der Waals surface area contributed by atoms with Crippen LogP contribution in [0.4, 0.5) is 57.1 Å². The van der Waals surface area contributed by atoms with E-state index < -0.39 is 48.1 Å². The van der Waals surface area contributed by atoms with Crippen LogP contribution in [0.5, 0.6) is 0 Å². The molecule has 13 heteroatoms. The molecule has 0 rings (SSSR count). The third-order valence-corrected chi connectivity index (χ3v) is 4.15. The Balaban J connectivity index is 5.67. The highest BCUT2D eigenvalue weighted by Crippen LogP contribution is 2.61. The molecule has 0 aliphatic heterocycles. The van der Waals surface area contributed by atoms with Crippen molar-refractivity contribution in [1.82, 2.24) is 0 Å². The van der Waals surface area contributed by atoms with Gasteiger partial charge in [0.2, 0.25) is 0 Å². The average Bonchev–Trinajstić information content (AvgIpc) is 2.49. The maximum Gasteiger partial charge on any atom is 0.460 e. The Labute approximate surface area is 152 Å². The molecule has 0 aliphatic carbocycles. The molecule has 28 heavy (non-hydrogen) atoms. The largest absolute Gasteiger partial charge is 0.460 e. The van der Waals surface area contributed by atoms with Crippen molar-refractivity contribution in [1.29, 1.82) is 0 Å². The zero-order chi connectivity index (χ0) is 22.8. The molecule has 0 aromatic carbocycles. The normalized spacial score (nSPS) is 16.4. The van der Waals surface area contributed by atoms with Crippen LogP contribution in [0.3, 0.4) is 0 Å². The lowest BCUT2D eigenvalue weighted by Crippen LogP contribution is -2.70. The Morgan fingerprint density at radius 1 is 0.571 bits per heavy atom. The topological polar surface area (TPSA) is 0 Å². The lowest BCUT2D eigenvalue weighted by molar-refractivity contribution is -0.440. The molecule has 0 bridgehead atoms. The second-order valence-corrected chi connectivity index (χ2v) is 6.66. The minimum atomic E-state index is -7.82. The van der Waals surface area contributed by atoms with Gasteiger partial charge in [0.25, 0.3) is 0 Å². The van der Waals surface area contributed by atoms with E-state index in [4.69, 9.17) is 0 Å². The van der Waals surface area contributed by atoms with E-state index in [1.165, 1.54) is 0 Å². The van der Waals surface area contributed by atoms with Gasteiger partial charge in [0, 0.05) is 6.42 Å². The van der Waals surface area contributed by atoms with Crippen molar-refractivity contribution < 1.29 is 57.1 Å². The van der Waals surface area contributed by atoms with Gasteiger partial charge < -0.3 is 0 Å². The minimum absolute atomic E-state index is 0.188. The van der Waals surface area contributed by atoms with Crippen molar-refractivity contribution in [2.75, 3.05) is 0 Å². The van der Waals surface area contributed by atoms with Gasteiger partial charge in [-0.25, -0.2) is 0 Å². The highest BCUT2D eigenvalue weighted by atomic mass is 19.4. The van der Waals surface area contributed by atoms with Crippen LogP contribution in [0.25, 0.3) is 0 Å². The van der Waals surface area contributed by atoms with Crippen molar-refractivity contribution in [2.24, 2.45) is 5.92 Å². The summed E-state index contributed by atoms with van der Waals surface area (Å²) in [6.45, 7) is 2.70. The molecule has 0 heterocycles. The lowest BCUT2D eigenvalue weighted by atomic mass is 9.88. The standard InChI is InChI=1S/C15H19F13/c1-3-4-5-6-7-9(2)8-10(16,17)11(18,19)12(20,21)13(22,23)14(24,25)15(26,27)28/h9H,3-8H2,1-2H3. The van der Waals surface area contributed by atoms with Gasteiger partial charge in [-0.15, -0.1) is 0 Å². The molecule has 1 unspecified atom stereocenters. The fraction of sp³-hybridized carbons (Fsp3) is 1.00. The summed E-state index contributed by atoms with van der Waals surface area (Å²) in [5, 5.41) is 0. The van der Waals surface area contributed by atoms with E-state index in [0.29, 0.717) is 12.8 Å². The van der Waals surface area contributed by atoms with Gasteiger partial charge in [-0.2, -0.15) is 57.1 Å². The summed E-state index contributed by atoms with van der Waals surface area (Å²) >= 11 is 0. The molecule has 0 fully saturated rings. The van der Waals surface area contributed by atoms with Gasteiger partial charge in [-0.1, -0.05) is 46.0 Å². The first-order chi connectivity index (χ1) is 12.2. The number of hydrogen-bond donors (Lipinski definition) is 0. The average molecular weight is 446 g/mol. The lowest BCUT2D eigenvalue weighted by Gasteiger charge is -2.40. The third kappa shape index (κ3) is 4.80. The van der Waals surface area contributed by atoms with E-state index in [-0.39, 0.29) is 12.8 Å². The quantitative estimate of drug-likeness (QED) is 0.225. The van der Waals surface area contributed by atoms with Crippen molar-refractivity contribution >= 4 is 0 Å². The molecule has 0 spiro atoms. The second-order valence-electron chi connectivity index (χ2n) is 6.66. The van der Waals surface area contributed by atoms with E-state index in [9.17, 15) is 57.1 Å². The Morgan fingerprint density at radius 3 is 1.39 bits per heavy atom. The van der Waals surface area contributed by atoms with Crippen LogP contribution < -0.4 is 0 Å².